The lowest BCUT2D eigenvalue weighted by molar-refractivity contribution is -0.148. The molecule has 1 amide bonds. The Bertz CT molecular complexity index is 1240. The van der Waals surface area contributed by atoms with Crippen molar-refractivity contribution in [1.29, 1.82) is 0 Å². The van der Waals surface area contributed by atoms with Gasteiger partial charge in [-0.3, -0.25) is 9.59 Å². The zero-order valence-electron chi connectivity index (χ0n) is 21.7. The van der Waals surface area contributed by atoms with Gasteiger partial charge in [-0.1, -0.05) is 73.9 Å². The minimum Gasteiger partial charge on any atom is -0.481 e. The predicted molar refractivity (Wildman–Crippen MR) is 148 cm³/mol. The summed E-state index contributed by atoms with van der Waals surface area (Å²) in [7, 11) is 0. The average Bonchev–Trinajstić information content (AvgIpc) is 3.42. The fraction of sp³-hybridized carbons (Fsp3) is 0.438. The van der Waals surface area contributed by atoms with Gasteiger partial charge in [0.25, 0.3) is 5.91 Å². The number of carbonyl (C=O) groups is 2. The Labute approximate surface area is 219 Å². The highest BCUT2D eigenvalue weighted by Gasteiger charge is 2.41. The van der Waals surface area contributed by atoms with E-state index in [2.05, 4.69) is 72.2 Å². The van der Waals surface area contributed by atoms with Gasteiger partial charge < -0.3 is 15.7 Å². The molecule has 3 aromatic rings. The van der Waals surface area contributed by atoms with E-state index in [1.54, 1.807) is 0 Å². The van der Waals surface area contributed by atoms with Gasteiger partial charge in [-0.25, -0.2) is 0 Å². The molecule has 3 atom stereocenters. The summed E-state index contributed by atoms with van der Waals surface area (Å²) in [6, 6.07) is 23.8. The zero-order valence-corrected chi connectivity index (χ0v) is 21.7. The number of hydrogen-bond acceptors (Lipinski definition) is 3. The summed E-state index contributed by atoms with van der Waals surface area (Å²) >= 11 is 0. The normalized spacial score (nSPS) is 22.0. The maximum Gasteiger partial charge on any atom is 0.311 e. The summed E-state index contributed by atoms with van der Waals surface area (Å²) in [5, 5.41) is 19.0. The highest BCUT2D eigenvalue weighted by molar-refractivity contribution is 5.94. The molecule has 0 radical (unpaired) electrons. The maximum absolute atomic E-state index is 12.7. The van der Waals surface area contributed by atoms with E-state index in [4.69, 9.17) is 0 Å². The second-order valence-corrected chi connectivity index (χ2v) is 11.1. The number of hydrogen-bond donors (Lipinski definition) is 3. The molecule has 3 aromatic carbocycles. The number of fused-ring (bicyclic) bond motifs is 1. The summed E-state index contributed by atoms with van der Waals surface area (Å²) in [4.78, 5) is 24.5. The maximum atomic E-state index is 12.7. The van der Waals surface area contributed by atoms with Crippen molar-refractivity contribution in [3.05, 3.63) is 83.4 Å². The van der Waals surface area contributed by atoms with Gasteiger partial charge in [0.15, 0.2) is 0 Å². The molecule has 0 spiro atoms. The lowest BCUT2D eigenvalue weighted by Gasteiger charge is -2.32. The molecule has 2 aliphatic rings. The third kappa shape index (κ3) is 5.57. The first kappa shape index (κ1) is 25.5. The topological polar surface area (TPSA) is 78.4 Å². The first-order valence-corrected chi connectivity index (χ1v) is 13.8. The molecule has 1 unspecified atom stereocenters. The van der Waals surface area contributed by atoms with Gasteiger partial charge in [-0.2, -0.15) is 0 Å². The zero-order chi connectivity index (χ0) is 25.8. The smallest absolute Gasteiger partial charge is 0.311 e. The molecule has 0 aliphatic heterocycles. The number of benzene rings is 3. The van der Waals surface area contributed by atoms with Crippen LogP contribution in [-0.2, 0) is 4.79 Å². The number of amides is 1. The van der Waals surface area contributed by atoms with E-state index in [0.717, 1.165) is 25.7 Å². The first-order chi connectivity index (χ1) is 17.9. The molecule has 0 aromatic heterocycles. The van der Waals surface area contributed by atoms with E-state index < -0.39 is 11.4 Å². The van der Waals surface area contributed by atoms with Crippen molar-refractivity contribution in [3.8, 4) is 0 Å². The highest BCUT2D eigenvalue weighted by atomic mass is 16.4. The molecular formula is C32H38N2O3. The van der Waals surface area contributed by atoms with Crippen molar-refractivity contribution in [3.63, 3.8) is 0 Å². The molecular weight excluding hydrogens is 460 g/mol. The van der Waals surface area contributed by atoms with Gasteiger partial charge >= 0.3 is 5.97 Å². The Morgan fingerprint density at radius 3 is 2.43 bits per heavy atom. The number of carboxylic acids is 1. The lowest BCUT2D eigenvalue weighted by atomic mass is 9.80. The van der Waals surface area contributed by atoms with Gasteiger partial charge in [0, 0.05) is 24.2 Å². The average molecular weight is 499 g/mol. The van der Waals surface area contributed by atoms with Crippen LogP contribution in [0.2, 0.25) is 0 Å². The molecule has 2 aliphatic carbocycles. The Kier molecular flexibility index (Phi) is 7.61. The number of carbonyl (C=O) groups excluding carboxylic acids is 1. The van der Waals surface area contributed by atoms with Crippen LogP contribution in [0, 0.1) is 5.41 Å². The Morgan fingerprint density at radius 2 is 1.68 bits per heavy atom. The van der Waals surface area contributed by atoms with Crippen molar-refractivity contribution < 1.29 is 14.7 Å². The van der Waals surface area contributed by atoms with E-state index in [1.807, 2.05) is 12.1 Å². The third-order valence-electron chi connectivity index (χ3n) is 8.70. The van der Waals surface area contributed by atoms with Crippen LogP contribution in [0.5, 0.6) is 0 Å². The van der Waals surface area contributed by atoms with Crippen LogP contribution < -0.4 is 10.6 Å². The first-order valence-electron chi connectivity index (χ1n) is 13.8. The van der Waals surface area contributed by atoms with Gasteiger partial charge in [-0.15, -0.1) is 0 Å². The molecule has 3 N–H and O–H groups in total. The Morgan fingerprint density at radius 1 is 0.946 bits per heavy atom. The van der Waals surface area contributed by atoms with E-state index in [0.29, 0.717) is 30.4 Å². The lowest BCUT2D eigenvalue weighted by Crippen LogP contribution is -2.41. The fourth-order valence-corrected chi connectivity index (χ4v) is 6.49. The molecule has 2 fully saturated rings. The van der Waals surface area contributed by atoms with Gasteiger partial charge in [-0.05, 0) is 79.0 Å². The molecule has 5 nitrogen and oxygen atoms in total. The van der Waals surface area contributed by atoms with Gasteiger partial charge in [0.1, 0.15) is 0 Å². The molecule has 5 rings (SSSR count). The predicted octanol–water partition coefficient (Wildman–Crippen LogP) is 6.59. The number of nitrogens with one attached hydrogen (secondary N) is 2. The minimum absolute atomic E-state index is 0.189. The fourth-order valence-electron chi connectivity index (χ4n) is 6.49. The van der Waals surface area contributed by atoms with Gasteiger partial charge in [0.05, 0.1) is 5.41 Å². The summed E-state index contributed by atoms with van der Waals surface area (Å²) in [5.74, 6) is -0.515. The van der Waals surface area contributed by atoms with Crippen LogP contribution in [0.3, 0.4) is 0 Å². The second kappa shape index (κ2) is 11.1. The van der Waals surface area contributed by atoms with E-state index in [1.165, 1.54) is 34.7 Å². The number of carboxylic acid groups (broad SMARTS) is 1. The van der Waals surface area contributed by atoms with Crippen molar-refractivity contribution in [1.82, 2.24) is 10.6 Å². The standard InChI is InChI=1S/C32H38N2O3/c1-22(28-13-7-9-24-8-2-3-12-29(24)28)34-27-11-6-10-26(20-27)23-14-16-25(17-15-23)30(35)33-21-32(31(36)37)18-4-5-19-32/h2-3,7-9,12-17,22,26-27,34H,4-6,10-11,18-21H2,1H3,(H,33,35)(H,36,37)/t22-,26+,27?/m1/s1. The van der Waals surface area contributed by atoms with Crippen molar-refractivity contribution in [2.24, 2.45) is 5.41 Å². The van der Waals surface area contributed by atoms with Crippen LogP contribution in [0.25, 0.3) is 10.8 Å². The molecule has 0 saturated heterocycles. The van der Waals surface area contributed by atoms with Gasteiger partial charge in [0.2, 0.25) is 0 Å². The second-order valence-electron chi connectivity index (χ2n) is 11.1. The summed E-state index contributed by atoms with van der Waals surface area (Å²) < 4.78 is 0. The van der Waals surface area contributed by atoms with Crippen LogP contribution >= 0.6 is 0 Å². The third-order valence-corrected chi connectivity index (χ3v) is 8.70. The Balaban J connectivity index is 1.19. The molecule has 0 heterocycles. The molecule has 194 valence electrons. The molecule has 0 bridgehead atoms. The summed E-state index contributed by atoms with van der Waals surface area (Å²) in [6.07, 6.45) is 7.70. The van der Waals surface area contributed by atoms with Crippen LogP contribution in [0.4, 0.5) is 0 Å². The SMILES string of the molecule is C[C@@H](NC1CCC[C@H](c2ccc(C(=O)NCC3(C(=O)O)CCCC3)cc2)C1)c1cccc2ccccc12. The summed E-state index contributed by atoms with van der Waals surface area (Å²) in [6.45, 7) is 2.46. The largest absolute Gasteiger partial charge is 0.481 e. The molecule has 2 saturated carbocycles. The molecule has 5 heteroatoms. The Hall–Kier alpha value is -3.18. The van der Waals surface area contributed by atoms with E-state index in [-0.39, 0.29) is 18.5 Å². The van der Waals surface area contributed by atoms with Crippen molar-refractivity contribution >= 4 is 22.6 Å². The van der Waals surface area contributed by atoms with E-state index >= 15 is 0 Å². The van der Waals surface area contributed by atoms with Crippen LogP contribution in [-0.4, -0.2) is 29.6 Å². The number of rotatable bonds is 8. The quantitative estimate of drug-likeness (QED) is 0.327. The number of aliphatic carboxylic acids is 1. The minimum atomic E-state index is -0.803. The van der Waals surface area contributed by atoms with E-state index in [9.17, 15) is 14.7 Å². The van der Waals surface area contributed by atoms with Crippen LogP contribution in [0.15, 0.2) is 66.7 Å². The van der Waals surface area contributed by atoms with Crippen molar-refractivity contribution in [2.75, 3.05) is 6.54 Å². The molecule has 37 heavy (non-hydrogen) atoms. The van der Waals surface area contributed by atoms with Crippen LogP contribution in [0.1, 0.15) is 91.7 Å². The van der Waals surface area contributed by atoms with Crippen molar-refractivity contribution in [2.45, 2.75) is 76.3 Å². The highest BCUT2D eigenvalue weighted by Crippen LogP contribution is 2.38. The summed E-state index contributed by atoms with van der Waals surface area (Å²) in [5.41, 5.74) is 2.41. The monoisotopic (exact) mass is 498 g/mol.